The Hall–Kier alpha value is -2.34. The van der Waals surface area contributed by atoms with Gasteiger partial charge in [-0.25, -0.2) is 4.39 Å². The highest BCUT2D eigenvalue weighted by atomic mass is 19.1. The average molecular weight is 254 g/mol. The largest absolute Gasteiger partial charge is 0.381 e. The minimum absolute atomic E-state index is 0.345. The molecule has 0 aliphatic rings. The lowest BCUT2D eigenvalue weighted by molar-refractivity contribution is 0.625. The van der Waals surface area contributed by atoms with Crippen molar-refractivity contribution in [1.82, 2.24) is 0 Å². The Labute approximate surface area is 112 Å². The Bertz CT molecular complexity index is 642. The molecule has 0 unspecified atom stereocenters. The van der Waals surface area contributed by atoms with Gasteiger partial charge in [0.2, 0.25) is 0 Å². The maximum atomic E-state index is 13.3. The maximum absolute atomic E-state index is 13.3. The van der Waals surface area contributed by atoms with Gasteiger partial charge in [-0.2, -0.15) is 5.26 Å². The summed E-state index contributed by atoms with van der Waals surface area (Å²) in [4.78, 5) is 0. The highest BCUT2D eigenvalue weighted by Gasteiger charge is 2.02. The molecule has 2 aromatic rings. The second-order valence-corrected chi connectivity index (χ2v) is 4.63. The first-order valence-corrected chi connectivity index (χ1v) is 6.09. The maximum Gasteiger partial charge on any atom is 0.124 e. The van der Waals surface area contributed by atoms with Crippen molar-refractivity contribution in [2.24, 2.45) is 0 Å². The van der Waals surface area contributed by atoms with Crippen LogP contribution in [0.3, 0.4) is 0 Å². The lowest BCUT2D eigenvalue weighted by atomic mass is 10.1. The fourth-order valence-corrected chi connectivity index (χ4v) is 1.94. The summed E-state index contributed by atoms with van der Waals surface area (Å²) in [7, 11) is 0. The molecule has 2 nitrogen and oxygen atoms in total. The number of nitrogens with zero attached hydrogens (tertiary/aromatic N) is 1. The van der Waals surface area contributed by atoms with Crippen LogP contribution in [0.25, 0.3) is 0 Å². The van der Waals surface area contributed by atoms with Gasteiger partial charge in [0, 0.05) is 12.2 Å². The van der Waals surface area contributed by atoms with Crippen LogP contribution in [0.1, 0.15) is 22.3 Å². The van der Waals surface area contributed by atoms with Crippen LogP contribution in [0.5, 0.6) is 0 Å². The van der Waals surface area contributed by atoms with Crippen LogP contribution in [0, 0.1) is 31.0 Å². The van der Waals surface area contributed by atoms with Crippen molar-refractivity contribution in [1.29, 1.82) is 5.26 Å². The van der Waals surface area contributed by atoms with E-state index in [0.29, 0.717) is 12.1 Å². The van der Waals surface area contributed by atoms with E-state index in [-0.39, 0.29) is 5.82 Å². The average Bonchev–Trinajstić information content (AvgIpc) is 2.39. The van der Waals surface area contributed by atoms with E-state index in [9.17, 15) is 4.39 Å². The third-order valence-corrected chi connectivity index (χ3v) is 2.96. The van der Waals surface area contributed by atoms with E-state index < -0.39 is 0 Å². The summed E-state index contributed by atoms with van der Waals surface area (Å²) in [6.45, 7) is 4.55. The molecular weight excluding hydrogens is 239 g/mol. The van der Waals surface area contributed by atoms with Crippen LogP contribution < -0.4 is 5.32 Å². The number of rotatable bonds is 3. The Morgan fingerprint density at radius 3 is 2.68 bits per heavy atom. The second kappa shape index (κ2) is 5.53. The van der Waals surface area contributed by atoms with Crippen molar-refractivity contribution < 1.29 is 4.39 Å². The van der Waals surface area contributed by atoms with E-state index in [1.807, 2.05) is 26.0 Å². The van der Waals surface area contributed by atoms with Crippen molar-refractivity contribution in [2.75, 3.05) is 5.32 Å². The zero-order valence-electron chi connectivity index (χ0n) is 11.0. The molecule has 0 aliphatic heterocycles. The molecule has 2 aromatic carbocycles. The molecule has 0 atom stereocenters. The molecule has 1 N–H and O–H groups in total. The number of anilines is 1. The van der Waals surface area contributed by atoms with E-state index in [2.05, 4.69) is 17.4 Å². The summed E-state index contributed by atoms with van der Waals surface area (Å²) in [6.07, 6.45) is 0. The first-order chi connectivity index (χ1) is 9.08. The number of nitrogens with one attached hydrogen (secondary N) is 1. The zero-order chi connectivity index (χ0) is 13.8. The fraction of sp³-hybridized carbons (Fsp3) is 0.188. The second-order valence-electron chi connectivity index (χ2n) is 4.63. The van der Waals surface area contributed by atoms with Gasteiger partial charge in [-0.3, -0.25) is 0 Å². The third-order valence-electron chi connectivity index (χ3n) is 2.96. The van der Waals surface area contributed by atoms with Gasteiger partial charge >= 0.3 is 0 Å². The van der Waals surface area contributed by atoms with Crippen LogP contribution in [-0.2, 0) is 6.54 Å². The van der Waals surface area contributed by atoms with E-state index in [1.165, 1.54) is 17.7 Å². The van der Waals surface area contributed by atoms with Crippen molar-refractivity contribution in [2.45, 2.75) is 20.4 Å². The third kappa shape index (κ3) is 3.32. The standard InChI is InChI=1S/C16H15FN2/c1-11-3-4-12(2)16(5-11)19-10-14-6-13(9-18)7-15(17)8-14/h3-8,19H,10H2,1-2H3. The van der Waals surface area contributed by atoms with Gasteiger partial charge in [0.1, 0.15) is 5.82 Å². The minimum Gasteiger partial charge on any atom is -0.381 e. The predicted molar refractivity (Wildman–Crippen MR) is 74.4 cm³/mol. The van der Waals surface area contributed by atoms with Gasteiger partial charge in [-0.05, 0) is 54.8 Å². The summed E-state index contributed by atoms with van der Waals surface area (Å²) in [5, 5.41) is 12.1. The summed E-state index contributed by atoms with van der Waals surface area (Å²) in [5.74, 6) is -0.378. The topological polar surface area (TPSA) is 35.8 Å². The number of benzene rings is 2. The van der Waals surface area contributed by atoms with Crippen molar-refractivity contribution in [3.05, 3.63) is 64.5 Å². The lowest BCUT2D eigenvalue weighted by Crippen LogP contribution is -2.02. The molecule has 0 spiro atoms. The molecule has 3 heteroatoms. The molecule has 2 rings (SSSR count). The normalized spacial score (nSPS) is 10.0. The van der Waals surface area contributed by atoms with E-state index in [4.69, 9.17) is 5.26 Å². The number of hydrogen-bond acceptors (Lipinski definition) is 2. The summed E-state index contributed by atoms with van der Waals surface area (Å²) in [5.41, 5.74) is 4.45. The highest BCUT2D eigenvalue weighted by Crippen LogP contribution is 2.18. The summed E-state index contributed by atoms with van der Waals surface area (Å²) >= 11 is 0. The Balaban J connectivity index is 2.17. The van der Waals surface area contributed by atoms with E-state index >= 15 is 0 Å². The molecule has 0 aromatic heterocycles. The first-order valence-electron chi connectivity index (χ1n) is 6.09. The Morgan fingerprint density at radius 1 is 1.16 bits per heavy atom. The molecule has 0 fully saturated rings. The highest BCUT2D eigenvalue weighted by molar-refractivity contribution is 5.53. The minimum atomic E-state index is -0.378. The van der Waals surface area contributed by atoms with Crippen molar-refractivity contribution in [3.63, 3.8) is 0 Å². The van der Waals surface area contributed by atoms with Crippen molar-refractivity contribution in [3.8, 4) is 6.07 Å². The van der Waals surface area contributed by atoms with Crippen LogP contribution in [-0.4, -0.2) is 0 Å². The number of aryl methyl sites for hydroxylation is 2. The molecule has 0 heterocycles. The zero-order valence-corrected chi connectivity index (χ0v) is 11.0. The van der Waals surface area contributed by atoms with Crippen LogP contribution in [0.2, 0.25) is 0 Å². The molecule has 0 bridgehead atoms. The molecule has 96 valence electrons. The molecule has 19 heavy (non-hydrogen) atoms. The van der Waals surface area contributed by atoms with E-state index in [1.54, 1.807) is 6.07 Å². The monoisotopic (exact) mass is 254 g/mol. The van der Waals surface area contributed by atoms with E-state index in [0.717, 1.165) is 16.8 Å². The molecule has 0 aliphatic carbocycles. The number of hydrogen-bond donors (Lipinski definition) is 1. The van der Waals surface area contributed by atoms with Gasteiger partial charge in [0.15, 0.2) is 0 Å². The van der Waals surface area contributed by atoms with Gasteiger partial charge in [-0.1, -0.05) is 12.1 Å². The molecule has 0 saturated heterocycles. The Kier molecular flexibility index (Phi) is 3.82. The molecular formula is C16H15FN2. The van der Waals surface area contributed by atoms with Crippen LogP contribution in [0.15, 0.2) is 36.4 Å². The SMILES string of the molecule is Cc1ccc(C)c(NCc2cc(F)cc(C#N)c2)c1. The lowest BCUT2D eigenvalue weighted by Gasteiger charge is -2.11. The smallest absolute Gasteiger partial charge is 0.124 e. The van der Waals surface area contributed by atoms with Gasteiger partial charge in [-0.15, -0.1) is 0 Å². The Morgan fingerprint density at radius 2 is 1.95 bits per heavy atom. The first kappa shape index (κ1) is 13.1. The number of halogens is 1. The summed E-state index contributed by atoms with van der Waals surface area (Å²) in [6, 6.07) is 12.5. The molecule has 0 saturated carbocycles. The van der Waals surface area contributed by atoms with Crippen LogP contribution in [0.4, 0.5) is 10.1 Å². The van der Waals surface area contributed by atoms with Crippen molar-refractivity contribution >= 4 is 5.69 Å². The quantitative estimate of drug-likeness (QED) is 0.900. The van der Waals surface area contributed by atoms with Crippen LogP contribution >= 0.6 is 0 Å². The number of nitriles is 1. The van der Waals surface area contributed by atoms with Gasteiger partial charge < -0.3 is 5.32 Å². The summed E-state index contributed by atoms with van der Waals surface area (Å²) < 4.78 is 13.3. The fourth-order valence-electron chi connectivity index (χ4n) is 1.94. The predicted octanol–water partition coefficient (Wildman–Crippen LogP) is 3.93. The van der Waals surface area contributed by atoms with Gasteiger partial charge in [0.05, 0.1) is 11.6 Å². The molecule has 0 radical (unpaired) electrons. The molecule has 0 amide bonds. The van der Waals surface area contributed by atoms with Gasteiger partial charge in [0.25, 0.3) is 0 Å².